The molecule has 0 atom stereocenters. The molecule has 0 unspecified atom stereocenters. The number of aryl methyl sites for hydroxylation is 1. The van der Waals surface area contributed by atoms with Gasteiger partial charge in [0, 0.05) is 31.6 Å². The second kappa shape index (κ2) is 3.88. The molecule has 3 nitrogen and oxygen atoms in total. The van der Waals surface area contributed by atoms with Gasteiger partial charge in [-0.3, -0.25) is 0 Å². The predicted octanol–water partition coefficient (Wildman–Crippen LogP) is 2.58. The number of nitrogens with one attached hydrogen (secondary N) is 1. The molecule has 0 saturated heterocycles. The summed E-state index contributed by atoms with van der Waals surface area (Å²) in [5, 5.41) is 2.50. The van der Waals surface area contributed by atoms with Crippen molar-refractivity contribution in [2.75, 3.05) is 5.32 Å². The van der Waals surface area contributed by atoms with E-state index in [0.29, 0.717) is 12.0 Å². The van der Waals surface area contributed by atoms with Crippen LogP contribution in [0.3, 0.4) is 0 Å². The summed E-state index contributed by atoms with van der Waals surface area (Å²) in [5.41, 5.74) is -0.285. The Balaban J connectivity index is 2.38. The summed E-state index contributed by atoms with van der Waals surface area (Å²) in [4.78, 5) is 3.85. The van der Waals surface area contributed by atoms with Crippen molar-refractivity contribution >= 4 is 11.6 Å². The van der Waals surface area contributed by atoms with Crippen molar-refractivity contribution in [3.63, 3.8) is 0 Å². The summed E-state index contributed by atoms with van der Waals surface area (Å²) in [6.07, 6.45) is 3.10. The number of halogens is 3. The Kier molecular flexibility index (Phi) is 2.55. The minimum atomic E-state index is -1.24. The van der Waals surface area contributed by atoms with Crippen LogP contribution in [0.2, 0.25) is 0 Å². The van der Waals surface area contributed by atoms with Crippen molar-refractivity contribution in [2.45, 2.75) is 0 Å². The molecule has 0 spiro atoms. The molecule has 0 aliphatic rings. The Labute approximate surface area is 89.5 Å². The largest absolute Gasteiger partial charge is 0.323 e. The second-order valence-corrected chi connectivity index (χ2v) is 3.24. The van der Waals surface area contributed by atoms with Gasteiger partial charge in [-0.15, -0.1) is 0 Å². The summed E-state index contributed by atoms with van der Waals surface area (Å²) in [6.45, 7) is 0. The third-order valence-electron chi connectivity index (χ3n) is 2.06. The number of aromatic nitrogens is 2. The lowest BCUT2D eigenvalue weighted by Crippen LogP contribution is -2.02. The SMILES string of the molecule is Cn1ccnc1Nc1cc(F)cc(F)c1F. The Hall–Kier alpha value is -1.98. The van der Waals surface area contributed by atoms with Crippen LogP contribution < -0.4 is 5.32 Å². The van der Waals surface area contributed by atoms with E-state index >= 15 is 0 Å². The molecular formula is C10H8F3N3. The number of benzene rings is 1. The van der Waals surface area contributed by atoms with Crippen LogP contribution in [0.1, 0.15) is 0 Å². The van der Waals surface area contributed by atoms with E-state index in [9.17, 15) is 13.2 Å². The number of imidazole rings is 1. The Morgan fingerprint density at radius 2 is 2.00 bits per heavy atom. The van der Waals surface area contributed by atoms with E-state index < -0.39 is 17.5 Å². The van der Waals surface area contributed by atoms with Crippen molar-refractivity contribution in [3.8, 4) is 0 Å². The molecule has 0 radical (unpaired) electrons. The number of anilines is 2. The third kappa shape index (κ3) is 1.86. The molecule has 1 heterocycles. The maximum Gasteiger partial charge on any atom is 0.207 e. The lowest BCUT2D eigenvalue weighted by atomic mass is 10.3. The molecule has 0 amide bonds. The lowest BCUT2D eigenvalue weighted by Gasteiger charge is -2.07. The summed E-state index contributed by atoms with van der Waals surface area (Å²) in [7, 11) is 1.67. The first-order chi connectivity index (χ1) is 7.58. The average molecular weight is 227 g/mol. The third-order valence-corrected chi connectivity index (χ3v) is 2.06. The highest BCUT2D eigenvalue weighted by atomic mass is 19.2. The van der Waals surface area contributed by atoms with Crippen LogP contribution in [0.25, 0.3) is 0 Å². The molecule has 1 aromatic heterocycles. The first-order valence-electron chi connectivity index (χ1n) is 4.47. The molecule has 0 aliphatic carbocycles. The minimum Gasteiger partial charge on any atom is -0.323 e. The molecule has 2 rings (SSSR count). The monoisotopic (exact) mass is 227 g/mol. The zero-order valence-corrected chi connectivity index (χ0v) is 8.34. The van der Waals surface area contributed by atoms with Gasteiger partial charge in [0.2, 0.25) is 5.95 Å². The van der Waals surface area contributed by atoms with Crippen LogP contribution >= 0.6 is 0 Å². The van der Waals surface area contributed by atoms with E-state index in [-0.39, 0.29) is 5.69 Å². The van der Waals surface area contributed by atoms with Gasteiger partial charge in [0.25, 0.3) is 0 Å². The smallest absolute Gasteiger partial charge is 0.207 e. The van der Waals surface area contributed by atoms with Crippen molar-refractivity contribution in [3.05, 3.63) is 42.0 Å². The molecule has 0 aliphatic heterocycles. The molecule has 1 N–H and O–H groups in total. The van der Waals surface area contributed by atoms with Crippen LogP contribution in [0, 0.1) is 17.5 Å². The van der Waals surface area contributed by atoms with Crippen molar-refractivity contribution in [1.29, 1.82) is 0 Å². The fourth-order valence-electron chi connectivity index (χ4n) is 1.25. The number of hydrogen-bond donors (Lipinski definition) is 1. The van der Waals surface area contributed by atoms with Crippen LogP contribution in [-0.2, 0) is 7.05 Å². The summed E-state index contributed by atoms with van der Waals surface area (Å²) < 4.78 is 40.6. The first kappa shape index (κ1) is 10.5. The van der Waals surface area contributed by atoms with Gasteiger partial charge >= 0.3 is 0 Å². The molecule has 1 aromatic carbocycles. The van der Waals surface area contributed by atoms with Gasteiger partial charge < -0.3 is 9.88 Å². The highest BCUT2D eigenvalue weighted by molar-refractivity contribution is 5.54. The average Bonchev–Trinajstić information content (AvgIpc) is 2.60. The summed E-state index contributed by atoms with van der Waals surface area (Å²) in [6, 6.07) is 1.35. The maximum absolute atomic E-state index is 13.3. The molecule has 0 saturated carbocycles. The van der Waals surface area contributed by atoms with Gasteiger partial charge in [0.15, 0.2) is 11.6 Å². The zero-order valence-electron chi connectivity index (χ0n) is 8.34. The van der Waals surface area contributed by atoms with Crippen LogP contribution in [0.4, 0.5) is 24.8 Å². The van der Waals surface area contributed by atoms with Crippen LogP contribution in [0.5, 0.6) is 0 Å². The molecule has 2 aromatic rings. The highest BCUT2D eigenvalue weighted by Crippen LogP contribution is 2.22. The van der Waals surface area contributed by atoms with Crippen LogP contribution in [0.15, 0.2) is 24.5 Å². The van der Waals surface area contributed by atoms with E-state index in [1.165, 1.54) is 6.20 Å². The molecule has 0 bridgehead atoms. The quantitative estimate of drug-likeness (QED) is 0.799. The molecule has 16 heavy (non-hydrogen) atoms. The van der Waals surface area contributed by atoms with Crippen molar-refractivity contribution in [1.82, 2.24) is 9.55 Å². The minimum absolute atomic E-state index is 0.285. The number of rotatable bonds is 2. The molecule has 84 valence electrons. The fraction of sp³-hybridized carbons (Fsp3) is 0.100. The Morgan fingerprint density at radius 3 is 2.62 bits per heavy atom. The fourth-order valence-corrected chi connectivity index (χ4v) is 1.25. The van der Waals surface area contributed by atoms with E-state index in [1.807, 2.05) is 0 Å². The topological polar surface area (TPSA) is 29.9 Å². The van der Waals surface area contributed by atoms with E-state index in [0.717, 1.165) is 6.07 Å². The van der Waals surface area contributed by atoms with E-state index in [4.69, 9.17) is 0 Å². The van der Waals surface area contributed by atoms with Gasteiger partial charge in [-0.05, 0) is 0 Å². The second-order valence-electron chi connectivity index (χ2n) is 3.24. The van der Waals surface area contributed by atoms with Gasteiger partial charge in [0.05, 0.1) is 5.69 Å². The molecule has 6 heteroatoms. The standard InChI is InChI=1S/C10H8F3N3/c1-16-3-2-14-10(16)15-8-5-6(11)4-7(12)9(8)13/h2-5H,1H3,(H,14,15). The van der Waals surface area contributed by atoms with Gasteiger partial charge in [-0.2, -0.15) is 0 Å². The van der Waals surface area contributed by atoms with Gasteiger partial charge in [-0.25, -0.2) is 18.2 Å². The zero-order chi connectivity index (χ0) is 11.7. The van der Waals surface area contributed by atoms with Crippen molar-refractivity contribution < 1.29 is 13.2 Å². The number of nitrogens with zero attached hydrogens (tertiary/aromatic N) is 2. The van der Waals surface area contributed by atoms with E-state index in [1.54, 1.807) is 17.8 Å². The highest BCUT2D eigenvalue weighted by Gasteiger charge is 2.12. The molecule has 0 fully saturated rings. The van der Waals surface area contributed by atoms with E-state index in [2.05, 4.69) is 10.3 Å². The van der Waals surface area contributed by atoms with Crippen molar-refractivity contribution in [2.24, 2.45) is 7.05 Å². The van der Waals surface area contributed by atoms with Gasteiger partial charge in [0.1, 0.15) is 5.82 Å². The van der Waals surface area contributed by atoms with Gasteiger partial charge in [-0.1, -0.05) is 0 Å². The molecular weight excluding hydrogens is 219 g/mol. The Bertz CT molecular complexity index is 522. The predicted molar refractivity (Wildman–Crippen MR) is 52.8 cm³/mol. The first-order valence-corrected chi connectivity index (χ1v) is 4.47. The summed E-state index contributed by atoms with van der Waals surface area (Å²) in [5.74, 6) is -2.93. The summed E-state index contributed by atoms with van der Waals surface area (Å²) >= 11 is 0. The Morgan fingerprint density at radius 1 is 1.25 bits per heavy atom. The normalized spacial score (nSPS) is 10.5. The lowest BCUT2D eigenvalue weighted by molar-refractivity contribution is 0.498. The maximum atomic E-state index is 13.3. The van der Waals surface area contributed by atoms with Crippen LogP contribution in [-0.4, -0.2) is 9.55 Å². The number of hydrogen-bond acceptors (Lipinski definition) is 2.